The number of hydrogen-bond acceptors (Lipinski definition) is 4. The van der Waals surface area contributed by atoms with Gasteiger partial charge in [-0.2, -0.15) is 0 Å². The van der Waals surface area contributed by atoms with Gasteiger partial charge in [-0.25, -0.2) is 10.2 Å². The molecule has 1 atom stereocenters. The Hall–Kier alpha value is -1.50. The molecule has 1 aromatic carbocycles. The Labute approximate surface area is 106 Å². The van der Waals surface area contributed by atoms with Crippen LogP contribution in [0.4, 0.5) is 4.39 Å². The summed E-state index contributed by atoms with van der Waals surface area (Å²) in [6.07, 6.45) is 0. The number of methoxy groups -OCH3 is 1. The maximum atomic E-state index is 13.0. The first-order valence-corrected chi connectivity index (χ1v) is 5.52. The van der Waals surface area contributed by atoms with Crippen LogP contribution in [0.3, 0.4) is 0 Å². The molecule has 1 aromatic rings. The van der Waals surface area contributed by atoms with Crippen LogP contribution in [0.15, 0.2) is 24.3 Å². The smallest absolute Gasteiger partial charge is 0.253 e. The fraction of sp³-hybridized carbons (Fsp3) is 0.417. The van der Waals surface area contributed by atoms with Gasteiger partial charge in [-0.05, 0) is 24.7 Å². The molecule has 0 aliphatic heterocycles. The second-order valence-corrected chi connectivity index (χ2v) is 4.02. The van der Waals surface area contributed by atoms with E-state index >= 15 is 0 Å². The van der Waals surface area contributed by atoms with E-state index in [2.05, 4.69) is 5.43 Å². The molecule has 0 saturated carbocycles. The number of amides is 1. The van der Waals surface area contributed by atoms with E-state index in [1.54, 1.807) is 24.1 Å². The van der Waals surface area contributed by atoms with Crippen molar-refractivity contribution in [3.05, 3.63) is 35.6 Å². The SMILES string of the molecule is COCC(C(=O)NN)N(C)Cc1cccc(F)c1. The first-order valence-electron chi connectivity index (χ1n) is 5.52. The highest BCUT2D eigenvalue weighted by atomic mass is 19.1. The molecule has 0 heterocycles. The Bertz CT molecular complexity index is 401. The van der Waals surface area contributed by atoms with Crippen LogP contribution in [0.25, 0.3) is 0 Å². The summed E-state index contributed by atoms with van der Waals surface area (Å²) in [6.45, 7) is 0.647. The normalized spacial score (nSPS) is 12.5. The Kier molecular flexibility index (Phi) is 5.70. The van der Waals surface area contributed by atoms with Crippen LogP contribution in [-0.2, 0) is 16.1 Å². The van der Waals surface area contributed by atoms with Gasteiger partial charge >= 0.3 is 0 Å². The third kappa shape index (κ3) is 4.06. The monoisotopic (exact) mass is 255 g/mol. The van der Waals surface area contributed by atoms with Crippen molar-refractivity contribution < 1.29 is 13.9 Å². The van der Waals surface area contributed by atoms with Crippen LogP contribution in [0.2, 0.25) is 0 Å². The molecule has 0 aromatic heterocycles. The topological polar surface area (TPSA) is 67.6 Å². The molecule has 0 aliphatic carbocycles. The number of hydrogen-bond donors (Lipinski definition) is 2. The highest BCUT2D eigenvalue weighted by Crippen LogP contribution is 2.09. The van der Waals surface area contributed by atoms with Gasteiger partial charge in [0.15, 0.2) is 0 Å². The summed E-state index contributed by atoms with van der Waals surface area (Å²) in [6, 6.07) is 5.73. The highest BCUT2D eigenvalue weighted by Gasteiger charge is 2.22. The average molecular weight is 255 g/mol. The lowest BCUT2D eigenvalue weighted by Crippen LogP contribution is -2.49. The zero-order valence-corrected chi connectivity index (χ0v) is 10.5. The molecule has 1 unspecified atom stereocenters. The number of ether oxygens (including phenoxy) is 1. The minimum Gasteiger partial charge on any atom is -0.383 e. The fourth-order valence-electron chi connectivity index (χ4n) is 1.69. The summed E-state index contributed by atoms with van der Waals surface area (Å²) in [7, 11) is 3.26. The van der Waals surface area contributed by atoms with Crippen LogP contribution in [0.1, 0.15) is 5.56 Å². The predicted octanol–water partition coefficient (Wildman–Crippen LogP) is 0.262. The molecular weight excluding hydrogens is 237 g/mol. The minimum atomic E-state index is -0.511. The van der Waals surface area contributed by atoms with E-state index in [1.165, 1.54) is 19.2 Å². The minimum absolute atomic E-state index is 0.217. The first-order chi connectivity index (χ1) is 8.58. The van der Waals surface area contributed by atoms with E-state index in [9.17, 15) is 9.18 Å². The number of nitrogens with zero attached hydrogens (tertiary/aromatic N) is 1. The number of carbonyl (C=O) groups is 1. The molecule has 1 amide bonds. The Balaban J connectivity index is 2.71. The molecule has 6 heteroatoms. The van der Waals surface area contributed by atoms with Gasteiger partial charge in [0.1, 0.15) is 11.9 Å². The van der Waals surface area contributed by atoms with Crippen LogP contribution in [-0.4, -0.2) is 37.6 Å². The van der Waals surface area contributed by atoms with Crippen molar-refractivity contribution in [1.82, 2.24) is 10.3 Å². The lowest BCUT2D eigenvalue weighted by Gasteiger charge is -2.25. The van der Waals surface area contributed by atoms with Gasteiger partial charge in [-0.3, -0.25) is 15.1 Å². The van der Waals surface area contributed by atoms with Crippen molar-refractivity contribution in [1.29, 1.82) is 0 Å². The zero-order chi connectivity index (χ0) is 13.5. The van der Waals surface area contributed by atoms with E-state index < -0.39 is 6.04 Å². The number of likely N-dealkylation sites (N-methyl/N-ethyl adjacent to an activating group) is 1. The number of benzene rings is 1. The molecule has 0 radical (unpaired) electrons. The molecule has 0 saturated heterocycles. The summed E-state index contributed by atoms with van der Waals surface area (Å²) in [5.41, 5.74) is 2.87. The van der Waals surface area contributed by atoms with Crippen molar-refractivity contribution in [3.8, 4) is 0 Å². The third-order valence-corrected chi connectivity index (χ3v) is 2.62. The maximum Gasteiger partial charge on any atom is 0.253 e. The summed E-state index contributed by atoms with van der Waals surface area (Å²) >= 11 is 0. The van der Waals surface area contributed by atoms with Crippen LogP contribution in [0, 0.1) is 5.82 Å². The van der Waals surface area contributed by atoms with Crippen LogP contribution in [0.5, 0.6) is 0 Å². The van der Waals surface area contributed by atoms with Gasteiger partial charge in [0.05, 0.1) is 6.61 Å². The van der Waals surface area contributed by atoms with Gasteiger partial charge < -0.3 is 4.74 Å². The van der Waals surface area contributed by atoms with E-state index in [-0.39, 0.29) is 18.3 Å². The summed E-state index contributed by atoms with van der Waals surface area (Å²) in [4.78, 5) is 13.3. The molecule has 0 fully saturated rings. The van der Waals surface area contributed by atoms with Gasteiger partial charge in [0, 0.05) is 13.7 Å². The van der Waals surface area contributed by atoms with Crippen LogP contribution >= 0.6 is 0 Å². The van der Waals surface area contributed by atoms with E-state index in [0.717, 1.165) is 5.56 Å². The maximum absolute atomic E-state index is 13.0. The molecule has 5 nitrogen and oxygen atoms in total. The van der Waals surface area contributed by atoms with Crippen molar-refractivity contribution in [3.63, 3.8) is 0 Å². The molecule has 0 bridgehead atoms. The Morgan fingerprint density at radius 3 is 2.89 bits per heavy atom. The quantitative estimate of drug-likeness (QED) is 0.435. The summed E-state index contributed by atoms with van der Waals surface area (Å²) in [5, 5.41) is 0. The first kappa shape index (κ1) is 14.6. The van der Waals surface area contributed by atoms with Gasteiger partial charge in [0.2, 0.25) is 0 Å². The lowest BCUT2D eigenvalue weighted by atomic mass is 10.1. The molecule has 18 heavy (non-hydrogen) atoms. The number of hydrazine groups is 1. The van der Waals surface area contributed by atoms with Crippen molar-refractivity contribution >= 4 is 5.91 Å². The lowest BCUT2D eigenvalue weighted by molar-refractivity contribution is -0.128. The van der Waals surface area contributed by atoms with Crippen molar-refractivity contribution in [2.75, 3.05) is 20.8 Å². The molecule has 3 N–H and O–H groups in total. The second kappa shape index (κ2) is 7.05. The van der Waals surface area contributed by atoms with E-state index in [0.29, 0.717) is 6.54 Å². The van der Waals surface area contributed by atoms with Crippen molar-refractivity contribution in [2.45, 2.75) is 12.6 Å². The number of halogens is 1. The fourth-order valence-corrected chi connectivity index (χ4v) is 1.69. The second-order valence-electron chi connectivity index (χ2n) is 4.02. The van der Waals surface area contributed by atoms with Gasteiger partial charge in [-0.1, -0.05) is 12.1 Å². The highest BCUT2D eigenvalue weighted by molar-refractivity contribution is 5.81. The third-order valence-electron chi connectivity index (χ3n) is 2.62. The Morgan fingerprint density at radius 1 is 1.61 bits per heavy atom. The van der Waals surface area contributed by atoms with Crippen LogP contribution < -0.4 is 11.3 Å². The predicted molar refractivity (Wildman–Crippen MR) is 65.9 cm³/mol. The van der Waals surface area contributed by atoms with Gasteiger partial charge in [0.25, 0.3) is 5.91 Å². The van der Waals surface area contributed by atoms with E-state index in [1.807, 2.05) is 0 Å². The number of rotatable bonds is 6. The Morgan fingerprint density at radius 2 is 2.33 bits per heavy atom. The number of nitrogens with one attached hydrogen (secondary N) is 1. The van der Waals surface area contributed by atoms with Crippen molar-refractivity contribution in [2.24, 2.45) is 5.84 Å². The van der Waals surface area contributed by atoms with E-state index in [4.69, 9.17) is 10.6 Å². The molecular formula is C12H18FN3O2. The molecule has 0 spiro atoms. The average Bonchev–Trinajstić information content (AvgIpc) is 2.35. The molecule has 100 valence electrons. The number of carbonyl (C=O) groups excluding carboxylic acids is 1. The standard InChI is InChI=1S/C12H18FN3O2/c1-16(11(8-18-2)12(17)15-14)7-9-4-3-5-10(13)6-9/h3-6,11H,7-8,14H2,1-2H3,(H,15,17). The molecule has 0 aliphatic rings. The zero-order valence-electron chi connectivity index (χ0n) is 10.5. The summed E-state index contributed by atoms with van der Waals surface area (Å²) < 4.78 is 18.0. The summed E-state index contributed by atoms with van der Waals surface area (Å²) in [5.74, 6) is 4.48. The van der Waals surface area contributed by atoms with Gasteiger partial charge in [-0.15, -0.1) is 0 Å². The molecule has 1 rings (SSSR count). The number of nitrogens with two attached hydrogens (primary N) is 1. The largest absolute Gasteiger partial charge is 0.383 e.